The van der Waals surface area contributed by atoms with Gasteiger partial charge in [-0.3, -0.25) is 0 Å². The molecule has 0 amide bonds. The van der Waals surface area contributed by atoms with Crippen LogP contribution in [0.2, 0.25) is 0 Å². The van der Waals surface area contributed by atoms with Gasteiger partial charge >= 0.3 is 29.6 Å². The number of aliphatic hydroxyl groups is 2. The van der Waals surface area contributed by atoms with Crippen LogP contribution >= 0.6 is 0 Å². The number of carbonyl (C=O) groups is 1. The molecular formula is C23H28FNaO4. The molecule has 1 aromatic carbocycles. The Morgan fingerprint density at radius 1 is 1.17 bits per heavy atom. The Kier molecular flexibility index (Phi) is 9.57. The molecular weight excluding hydrogens is 382 g/mol. The van der Waals surface area contributed by atoms with Crippen molar-refractivity contribution in [1.82, 2.24) is 0 Å². The average molecular weight is 410 g/mol. The smallest absolute Gasteiger partial charge is 0.550 e. The molecule has 6 heteroatoms. The molecule has 4 nitrogen and oxygen atoms in total. The summed E-state index contributed by atoms with van der Waals surface area (Å²) in [4.78, 5) is 10.6. The summed E-state index contributed by atoms with van der Waals surface area (Å²) in [6.07, 6.45) is 7.59. The maximum Gasteiger partial charge on any atom is 1.00 e. The quantitative estimate of drug-likeness (QED) is 0.576. The van der Waals surface area contributed by atoms with E-state index < -0.39 is 24.6 Å². The van der Waals surface area contributed by atoms with Crippen molar-refractivity contribution in [3.05, 3.63) is 58.9 Å². The van der Waals surface area contributed by atoms with Gasteiger partial charge in [-0.15, -0.1) is 0 Å². The van der Waals surface area contributed by atoms with Gasteiger partial charge in [0.25, 0.3) is 0 Å². The van der Waals surface area contributed by atoms with Crippen LogP contribution in [0, 0.1) is 17.7 Å². The summed E-state index contributed by atoms with van der Waals surface area (Å²) < 4.78 is 13.2. The van der Waals surface area contributed by atoms with E-state index in [-0.39, 0.29) is 41.8 Å². The van der Waals surface area contributed by atoms with Crippen molar-refractivity contribution in [2.75, 3.05) is 0 Å². The summed E-state index contributed by atoms with van der Waals surface area (Å²) in [5.74, 6) is -0.413. The second-order valence-electron chi connectivity index (χ2n) is 8.18. The number of hydrogen-bond donors (Lipinski definition) is 2. The van der Waals surface area contributed by atoms with Crippen molar-refractivity contribution in [1.29, 1.82) is 0 Å². The largest absolute Gasteiger partial charge is 1.00 e. The molecule has 1 saturated carbocycles. The van der Waals surface area contributed by atoms with Gasteiger partial charge < -0.3 is 20.1 Å². The maximum atomic E-state index is 13.2. The molecule has 0 spiro atoms. The van der Waals surface area contributed by atoms with E-state index in [9.17, 15) is 24.5 Å². The number of aliphatic carboxylic acids is 1. The van der Waals surface area contributed by atoms with Crippen molar-refractivity contribution in [3.63, 3.8) is 0 Å². The Bertz CT molecular complexity index is 736. The van der Waals surface area contributed by atoms with Gasteiger partial charge in [-0.2, -0.15) is 0 Å². The number of carboxylic acids is 1. The van der Waals surface area contributed by atoms with Crippen molar-refractivity contribution in [3.8, 4) is 0 Å². The Hall–Kier alpha value is -0.980. The number of benzene rings is 1. The molecule has 1 aromatic rings. The first-order valence-corrected chi connectivity index (χ1v) is 10.1. The van der Waals surface area contributed by atoms with Gasteiger partial charge in [-0.1, -0.05) is 29.9 Å². The van der Waals surface area contributed by atoms with Crippen LogP contribution in [0.25, 0.3) is 0 Å². The van der Waals surface area contributed by atoms with Crippen LogP contribution in [0.3, 0.4) is 0 Å². The topological polar surface area (TPSA) is 80.6 Å². The normalized spacial score (nSPS) is 23.6. The Morgan fingerprint density at radius 3 is 2.45 bits per heavy atom. The third kappa shape index (κ3) is 7.34. The number of aliphatic hydroxyl groups excluding tert-OH is 2. The van der Waals surface area contributed by atoms with Gasteiger partial charge in [0.2, 0.25) is 0 Å². The number of carbonyl (C=O) groups excluding carboxylic acids is 1. The summed E-state index contributed by atoms with van der Waals surface area (Å²) >= 11 is 0. The zero-order valence-corrected chi connectivity index (χ0v) is 19.0. The number of rotatable bonds is 8. The molecule has 0 saturated heterocycles. The fraction of sp³-hybridized carbons (Fsp3) is 0.522. The molecule has 2 N–H and O–H groups in total. The second kappa shape index (κ2) is 11.4. The molecule has 2 atom stereocenters. The maximum absolute atomic E-state index is 13.2. The van der Waals surface area contributed by atoms with E-state index in [1.807, 2.05) is 18.2 Å². The van der Waals surface area contributed by atoms with E-state index in [1.54, 1.807) is 6.08 Å². The van der Waals surface area contributed by atoms with Gasteiger partial charge in [-0.05, 0) is 73.6 Å². The summed E-state index contributed by atoms with van der Waals surface area (Å²) in [5, 5.41) is 30.4. The van der Waals surface area contributed by atoms with Gasteiger partial charge in [0.05, 0.1) is 12.2 Å². The van der Waals surface area contributed by atoms with Crippen molar-refractivity contribution in [2.24, 2.45) is 11.8 Å². The fourth-order valence-corrected chi connectivity index (χ4v) is 4.56. The molecule has 0 heterocycles. The number of halogens is 1. The van der Waals surface area contributed by atoms with Crippen LogP contribution in [-0.4, -0.2) is 28.4 Å². The zero-order chi connectivity index (χ0) is 20.1. The van der Waals surface area contributed by atoms with Gasteiger partial charge in [0.15, 0.2) is 0 Å². The third-order valence-corrected chi connectivity index (χ3v) is 5.97. The zero-order valence-electron chi connectivity index (χ0n) is 17.0. The van der Waals surface area contributed by atoms with Crippen molar-refractivity contribution in [2.45, 2.75) is 63.6 Å². The van der Waals surface area contributed by atoms with Crippen LogP contribution in [0.1, 0.15) is 50.5 Å². The minimum absolute atomic E-state index is 0. The minimum atomic E-state index is -1.33. The van der Waals surface area contributed by atoms with Gasteiger partial charge in [0, 0.05) is 18.8 Å². The molecule has 2 bridgehead atoms. The molecule has 0 radical (unpaired) electrons. The minimum Gasteiger partial charge on any atom is -0.550 e. The number of allylic oxidation sites excluding steroid dienone is 3. The van der Waals surface area contributed by atoms with E-state index in [0.717, 1.165) is 31.2 Å². The summed E-state index contributed by atoms with van der Waals surface area (Å²) in [5.41, 5.74) is 3.67. The SMILES string of the molecule is O=C([O-])CC(O)CC(O)/C=C/C1=C(Cc2ccc(F)cc2)CC2CCC1CC2.[Na+]. The molecule has 3 aliphatic carbocycles. The third-order valence-electron chi connectivity index (χ3n) is 5.97. The van der Waals surface area contributed by atoms with Gasteiger partial charge in [0.1, 0.15) is 5.82 Å². The van der Waals surface area contributed by atoms with E-state index in [1.165, 1.54) is 36.1 Å². The molecule has 0 aromatic heterocycles. The van der Waals surface area contributed by atoms with Crippen molar-refractivity contribution >= 4 is 5.97 Å². The Balaban J connectivity index is 0.00000300. The molecule has 152 valence electrons. The standard InChI is InChI=1S/C23H29FO4.Na/c24-19-7-3-16(4-8-19)12-18-11-15-1-5-17(6-2-15)22(18)10-9-20(25)13-21(26)14-23(27)28;/h3-4,7-10,15,17,20-21,25-26H,1-2,5-6,11-14H2,(H,27,28);/q;+1/p-1/b10-9+;. The second-order valence-corrected chi connectivity index (χ2v) is 8.18. The fourth-order valence-electron chi connectivity index (χ4n) is 4.56. The van der Waals surface area contributed by atoms with Crippen LogP contribution in [0.5, 0.6) is 0 Å². The number of fused-ring (bicyclic) bond motifs is 3. The molecule has 4 rings (SSSR count). The molecule has 2 unspecified atom stereocenters. The van der Waals surface area contributed by atoms with E-state index in [4.69, 9.17) is 0 Å². The summed E-state index contributed by atoms with van der Waals surface area (Å²) in [6, 6.07) is 6.61. The van der Waals surface area contributed by atoms with E-state index in [2.05, 4.69) is 0 Å². The van der Waals surface area contributed by atoms with Crippen LogP contribution in [0.15, 0.2) is 47.6 Å². The molecule has 3 aliphatic rings. The summed E-state index contributed by atoms with van der Waals surface area (Å²) in [6.45, 7) is 0. The number of carboxylic acid groups (broad SMARTS) is 1. The van der Waals surface area contributed by atoms with E-state index in [0.29, 0.717) is 11.8 Å². The summed E-state index contributed by atoms with van der Waals surface area (Å²) in [7, 11) is 0. The first-order valence-electron chi connectivity index (χ1n) is 10.1. The monoisotopic (exact) mass is 410 g/mol. The Labute approximate surface area is 193 Å². The first-order chi connectivity index (χ1) is 13.4. The molecule has 1 fully saturated rings. The number of hydrogen-bond acceptors (Lipinski definition) is 4. The van der Waals surface area contributed by atoms with E-state index >= 15 is 0 Å². The predicted octanol–water partition coefficient (Wildman–Crippen LogP) is -0.313. The molecule has 0 aliphatic heterocycles. The predicted molar refractivity (Wildman–Crippen MR) is 103 cm³/mol. The van der Waals surface area contributed by atoms with Crippen molar-refractivity contribution < 1.29 is 54.1 Å². The van der Waals surface area contributed by atoms with Crippen LogP contribution in [0.4, 0.5) is 4.39 Å². The van der Waals surface area contributed by atoms with Gasteiger partial charge in [-0.25, -0.2) is 4.39 Å². The Morgan fingerprint density at radius 2 is 1.83 bits per heavy atom. The van der Waals surface area contributed by atoms with Crippen LogP contribution < -0.4 is 34.7 Å². The van der Waals surface area contributed by atoms with Crippen LogP contribution in [-0.2, 0) is 11.2 Å². The first kappa shape index (κ1) is 24.3. The average Bonchev–Trinajstić information content (AvgIpc) is 2.89. The molecule has 29 heavy (non-hydrogen) atoms.